The molecule has 0 spiro atoms. The lowest BCUT2D eigenvalue weighted by molar-refractivity contribution is -0.121. The summed E-state index contributed by atoms with van der Waals surface area (Å²) in [5.41, 5.74) is 9.21. The molecule has 2 heterocycles. The van der Waals surface area contributed by atoms with Crippen molar-refractivity contribution in [2.24, 2.45) is 5.11 Å². The quantitative estimate of drug-likeness (QED) is 0.105. The zero-order valence-electron chi connectivity index (χ0n) is 19.2. The van der Waals surface area contributed by atoms with E-state index in [0.29, 0.717) is 56.2 Å². The third-order valence-electron chi connectivity index (χ3n) is 4.55. The lowest BCUT2D eigenvalue weighted by atomic mass is 10.2. The number of aromatic nitrogens is 3. The molecule has 1 atom stereocenters. The fourth-order valence-corrected chi connectivity index (χ4v) is 3.68. The van der Waals surface area contributed by atoms with E-state index in [1.54, 1.807) is 12.1 Å². The molecule has 0 radical (unpaired) electrons. The number of halogens is 1. The van der Waals surface area contributed by atoms with Gasteiger partial charge in [0, 0.05) is 30.0 Å². The second-order valence-electron chi connectivity index (χ2n) is 7.22. The van der Waals surface area contributed by atoms with Crippen LogP contribution in [0.15, 0.2) is 57.3 Å². The van der Waals surface area contributed by atoms with Crippen molar-refractivity contribution in [2.75, 3.05) is 32.9 Å². The average molecular weight is 518 g/mol. The van der Waals surface area contributed by atoms with Crippen LogP contribution in [-0.4, -0.2) is 58.6 Å². The number of benzene rings is 1. The Labute approximate surface area is 209 Å². The average Bonchev–Trinajstić information content (AvgIpc) is 3.38. The first-order valence-electron chi connectivity index (χ1n) is 11.0. The maximum absolute atomic E-state index is 13.1. The van der Waals surface area contributed by atoms with Crippen LogP contribution in [0.3, 0.4) is 0 Å². The van der Waals surface area contributed by atoms with E-state index in [1.807, 2.05) is 0 Å². The van der Waals surface area contributed by atoms with E-state index in [4.69, 9.17) is 19.4 Å². The first-order valence-corrected chi connectivity index (χ1v) is 12.3. The molecule has 0 saturated carbocycles. The fourth-order valence-electron chi connectivity index (χ4n) is 2.81. The van der Waals surface area contributed by atoms with Gasteiger partial charge in [-0.1, -0.05) is 10.2 Å². The number of ether oxygens (including phenoxy) is 2. The van der Waals surface area contributed by atoms with Gasteiger partial charge in [-0.25, -0.2) is 4.39 Å². The van der Waals surface area contributed by atoms with E-state index in [2.05, 4.69) is 30.5 Å². The van der Waals surface area contributed by atoms with E-state index >= 15 is 0 Å². The van der Waals surface area contributed by atoms with Gasteiger partial charge in [0.15, 0.2) is 5.75 Å². The van der Waals surface area contributed by atoms with Crippen LogP contribution in [0.1, 0.15) is 18.5 Å². The molecule has 0 fully saturated rings. The molecular formula is C22H24FN7O5S. The molecule has 0 aliphatic heterocycles. The summed E-state index contributed by atoms with van der Waals surface area (Å²) in [4.78, 5) is 18.6. The topological polar surface area (TPSA) is 171 Å². The Bertz CT molecular complexity index is 1140. The number of carbonyl (C=O) groups is 1. The minimum atomic E-state index is -1.61. The van der Waals surface area contributed by atoms with Gasteiger partial charge in [0.1, 0.15) is 11.6 Å². The van der Waals surface area contributed by atoms with E-state index in [0.717, 1.165) is 0 Å². The molecule has 190 valence electrons. The maximum Gasteiger partial charge on any atom is 0.436 e. The van der Waals surface area contributed by atoms with Crippen LogP contribution in [0.5, 0.6) is 5.75 Å². The van der Waals surface area contributed by atoms with Crippen molar-refractivity contribution in [2.45, 2.75) is 23.8 Å². The highest BCUT2D eigenvalue weighted by molar-refractivity contribution is 7.90. The highest BCUT2D eigenvalue weighted by Crippen LogP contribution is 2.22. The molecule has 12 nitrogen and oxygen atoms in total. The Morgan fingerprint density at radius 3 is 2.78 bits per heavy atom. The van der Waals surface area contributed by atoms with Gasteiger partial charge in [0.25, 0.3) is 5.89 Å². The Kier molecular flexibility index (Phi) is 10.9. The smallest absolute Gasteiger partial charge is 0.436 e. The molecule has 0 aliphatic carbocycles. The molecule has 2 aromatic heterocycles. The number of amides is 1. The number of carbonyl (C=O) groups excluding carboxylic acids is 1. The Balaban J connectivity index is 1.33. The number of pyridine rings is 1. The Morgan fingerprint density at radius 1 is 1.19 bits per heavy atom. The summed E-state index contributed by atoms with van der Waals surface area (Å²) < 4.78 is 41.8. The van der Waals surface area contributed by atoms with Crippen LogP contribution >= 0.6 is 0 Å². The maximum atomic E-state index is 13.1. The molecule has 0 unspecified atom stereocenters. The van der Waals surface area contributed by atoms with Crippen LogP contribution in [0.25, 0.3) is 21.9 Å². The zero-order valence-corrected chi connectivity index (χ0v) is 20.0. The molecule has 0 bridgehead atoms. The van der Waals surface area contributed by atoms with Gasteiger partial charge in [-0.3, -0.25) is 9.78 Å². The number of rotatable bonds is 15. The molecule has 0 aliphatic rings. The number of nitrogens with zero attached hydrogens (tertiary/aromatic N) is 6. The highest BCUT2D eigenvalue weighted by atomic mass is 32.2. The number of hydrogen-bond acceptors (Lipinski definition) is 9. The van der Waals surface area contributed by atoms with Crippen LogP contribution in [0.4, 0.5) is 4.39 Å². The second-order valence-corrected chi connectivity index (χ2v) is 8.55. The predicted molar refractivity (Wildman–Crippen MR) is 127 cm³/mol. The van der Waals surface area contributed by atoms with Crippen molar-refractivity contribution in [3.05, 3.63) is 64.5 Å². The summed E-state index contributed by atoms with van der Waals surface area (Å²) >= 11 is -1.61. The van der Waals surface area contributed by atoms with E-state index < -0.39 is 11.2 Å². The molecule has 1 amide bonds. The molecule has 14 heteroatoms. The first kappa shape index (κ1) is 26.9. The van der Waals surface area contributed by atoms with Gasteiger partial charge in [0.2, 0.25) is 5.91 Å². The molecule has 3 aromatic rings. The van der Waals surface area contributed by atoms with Crippen molar-refractivity contribution in [3.63, 3.8) is 0 Å². The molecule has 1 aromatic carbocycles. The second kappa shape index (κ2) is 14.6. The Hall–Kier alpha value is -3.71. The third-order valence-corrected chi connectivity index (χ3v) is 5.67. The minimum absolute atomic E-state index is 0.0468. The van der Waals surface area contributed by atoms with Crippen LogP contribution < -0.4 is 10.1 Å². The number of azide groups is 1. The van der Waals surface area contributed by atoms with Gasteiger partial charge in [-0.05, 0) is 48.4 Å². The van der Waals surface area contributed by atoms with Crippen LogP contribution in [0, 0.1) is 5.82 Å². The number of hydrogen-bond donors (Lipinski definition) is 1. The van der Waals surface area contributed by atoms with E-state index in [-0.39, 0.29) is 35.1 Å². The zero-order chi connectivity index (χ0) is 25.6. The lowest BCUT2D eigenvalue weighted by Crippen LogP contribution is -2.27. The normalized spacial score (nSPS) is 11.5. The van der Waals surface area contributed by atoms with Gasteiger partial charge < -0.3 is 23.8 Å². The van der Waals surface area contributed by atoms with Crippen molar-refractivity contribution in [1.29, 1.82) is 0 Å². The summed E-state index contributed by atoms with van der Waals surface area (Å²) in [7, 11) is 0. The monoisotopic (exact) mass is 517 g/mol. The van der Waals surface area contributed by atoms with Crippen molar-refractivity contribution in [1.82, 2.24) is 20.5 Å². The summed E-state index contributed by atoms with van der Waals surface area (Å²) in [5.74, 6) is 0.246. The van der Waals surface area contributed by atoms with Crippen LogP contribution in [0.2, 0.25) is 0 Å². The van der Waals surface area contributed by atoms with Gasteiger partial charge in [0.05, 0.1) is 42.9 Å². The lowest BCUT2D eigenvalue weighted by Gasteiger charge is -2.08. The van der Waals surface area contributed by atoms with E-state index in [1.165, 1.54) is 30.5 Å². The van der Waals surface area contributed by atoms with Crippen molar-refractivity contribution in [3.8, 4) is 17.2 Å². The summed E-state index contributed by atoms with van der Waals surface area (Å²) in [6.45, 7) is 1.62. The molecule has 1 N–H and O–H groups in total. The van der Waals surface area contributed by atoms with Crippen molar-refractivity contribution >= 4 is 17.1 Å². The highest BCUT2D eigenvalue weighted by Gasteiger charge is 2.22. The summed E-state index contributed by atoms with van der Waals surface area (Å²) in [6, 6.07) is 8.91. The first-order chi connectivity index (χ1) is 17.5. The standard InChI is InChI=1S/C22H24FN7O5S/c23-17-5-3-16(4-6-17)21-28-29-22(35-21)36(32)15-18-7-8-19(14-26-18)34-11-1-2-20(31)25-9-12-33-13-10-27-30-24/h3-8,14H,1-2,9-13,15H2,(H,25,31)/t36-/m0/s1. The van der Waals surface area contributed by atoms with Gasteiger partial charge in [-0.15, -0.1) is 5.10 Å². The van der Waals surface area contributed by atoms with E-state index in [9.17, 15) is 13.7 Å². The van der Waals surface area contributed by atoms with Gasteiger partial charge >= 0.3 is 5.22 Å². The minimum Gasteiger partial charge on any atom is -0.607 e. The molecular weight excluding hydrogens is 493 g/mol. The number of nitrogens with one attached hydrogen (secondary N) is 1. The summed E-state index contributed by atoms with van der Waals surface area (Å²) in [5, 5.41) is 13.7. The Morgan fingerprint density at radius 2 is 2.03 bits per heavy atom. The SMILES string of the molecule is [N-]=[N+]=NCCOCCNC(=O)CCCOc1ccc(C[S@+]([O-])c2nnc(-c3ccc(F)cc3)o2)nc1. The fraction of sp³-hybridized carbons (Fsp3) is 0.364. The van der Waals surface area contributed by atoms with Crippen molar-refractivity contribution < 1.29 is 27.6 Å². The predicted octanol–water partition coefficient (Wildman–Crippen LogP) is 3.18. The largest absolute Gasteiger partial charge is 0.607 e. The molecule has 36 heavy (non-hydrogen) atoms. The molecule has 0 saturated heterocycles. The van der Waals surface area contributed by atoms with Crippen LogP contribution in [-0.2, 0) is 26.5 Å². The third kappa shape index (κ3) is 9.15. The van der Waals surface area contributed by atoms with Gasteiger partial charge in [-0.2, -0.15) is 0 Å². The summed E-state index contributed by atoms with van der Waals surface area (Å²) in [6.07, 6.45) is 2.33. The molecule has 3 rings (SSSR count).